The molecule has 1 aromatic heterocycles. The monoisotopic (exact) mass is 246 g/mol. The largest absolute Gasteiger partial charge is 0.293 e. The summed E-state index contributed by atoms with van der Waals surface area (Å²) in [5.74, 6) is -0.690. The molecule has 0 bridgehead atoms. The summed E-state index contributed by atoms with van der Waals surface area (Å²) in [6, 6.07) is 10.5. The fourth-order valence-electron chi connectivity index (χ4n) is 1.72. The maximum absolute atomic E-state index is 12.9. The maximum atomic E-state index is 12.9. The molecule has 1 heterocycles. The molecule has 0 N–H and O–H groups in total. The van der Waals surface area contributed by atoms with Gasteiger partial charge in [-0.05, 0) is 12.0 Å². The number of aromatic nitrogens is 1. The Morgan fingerprint density at radius 3 is 2.61 bits per heavy atom. The highest BCUT2D eigenvalue weighted by molar-refractivity contribution is 5.35. The number of pyridine rings is 1. The van der Waals surface area contributed by atoms with Crippen molar-refractivity contribution in [3.05, 3.63) is 69.8 Å². The van der Waals surface area contributed by atoms with Crippen molar-refractivity contribution >= 4 is 5.69 Å². The van der Waals surface area contributed by atoms with Crippen LogP contribution >= 0.6 is 0 Å². The predicted molar refractivity (Wildman–Crippen MR) is 64.7 cm³/mol. The molecule has 0 saturated carbocycles. The van der Waals surface area contributed by atoms with Crippen molar-refractivity contribution in [1.29, 1.82) is 0 Å². The van der Waals surface area contributed by atoms with Gasteiger partial charge in [0.05, 0.1) is 17.2 Å². The van der Waals surface area contributed by atoms with Crippen LogP contribution in [0.1, 0.15) is 11.3 Å². The summed E-state index contributed by atoms with van der Waals surface area (Å²) in [5, 5.41) is 10.8. The number of benzene rings is 1. The first-order chi connectivity index (χ1) is 8.66. The van der Waals surface area contributed by atoms with Crippen LogP contribution < -0.4 is 0 Å². The molecule has 2 aromatic rings. The van der Waals surface area contributed by atoms with Gasteiger partial charge in [0.25, 0.3) is 5.69 Å². The summed E-state index contributed by atoms with van der Waals surface area (Å²) < 4.78 is 12.9. The number of nitrogens with zero attached hydrogens (tertiary/aromatic N) is 2. The first-order valence-corrected chi connectivity index (χ1v) is 5.49. The molecule has 0 aliphatic heterocycles. The molecule has 5 heteroatoms. The zero-order valence-electron chi connectivity index (χ0n) is 9.54. The van der Waals surface area contributed by atoms with Gasteiger partial charge in [-0.2, -0.15) is 0 Å². The second kappa shape index (κ2) is 5.35. The van der Waals surface area contributed by atoms with E-state index in [1.54, 1.807) is 0 Å². The topological polar surface area (TPSA) is 56.0 Å². The van der Waals surface area contributed by atoms with E-state index in [9.17, 15) is 14.5 Å². The summed E-state index contributed by atoms with van der Waals surface area (Å²) in [6.45, 7) is 0. The van der Waals surface area contributed by atoms with Crippen LogP contribution in [0.2, 0.25) is 0 Å². The number of nitro groups is 1. The lowest BCUT2D eigenvalue weighted by molar-refractivity contribution is -0.386. The zero-order valence-corrected chi connectivity index (χ0v) is 9.54. The molecule has 0 amide bonds. The molecular formula is C13H11FN2O2. The SMILES string of the molecule is O=[N+]([O-])c1cc(F)cnc1CCc1ccccc1. The van der Waals surface area contributed by atoms with Crippen LogP contribution in [0.25, 0.3) is 0 Å². The summed E-state index contributed by atoms with van der Waals surface area (Å²) in [5.41, 5.74) is 1.12. The van der Waals surface area contributed by atoms with E-state index in [2.05, 4.69) is 4.98 Å². The Bertz CT molecular complexity index is 558. The van der Waals surface area contributed by atoms with E-state index in [0.29, 0.717) is 18.5 Å². The van der Waals surface area contributed by atoms with Gasteiger partial charge in [0.1, 0.15) is 11.5 Å². The van der Waals surface area contributed by atoms with Crippen LogP contribution in [0.5, 0.6) is 0 Å². The van der Waals surface area contributed by atoms with E-state index in [0.717, 1.165) is 17.8 Å². The Labute approximate surface area is 103 Å². The Hall–Kier alpha value is -2.30. The van der Waals surface area contributed by atoms with Crippen molar-refractivity contribution in [1.82, 2.24) is 4.98 Å². The van der Waals surface area contributed by atoms with Crippen LogP contribution in [-0.2, 0) is 12.8 Å². The van der Waals surface area contributed by atoms with Gasteiger partial charge in [0.2, 0.25) is 0 Å². The highest BCUT2D eigenvalue weighted by atomic mass is 19.1. The van der Waals surface area contributed by atoms with Gasteiger partial charge in [-0.25, -0.2) is 4.39 Å². The standard InChI is InChI=1S/C13H11FN2O2/c14-11-8-13(16(17)18)12(15-9-11)7-6-10-4-2-1-3-5-10/h1-5,8-9H,6-7H2. The van der Waals surface area contributed by atoms with Crippen LogP contribution in [0.3, 0.4) is 0 Å². The Kier molecular flexibility index (Phi) is 3.62. The fraction of sp³-hybridized carbons (Fsp3) is 0.154. The molecule has 1 aromatic carbocycles. The van der Waals surface area contributed by atoms with Crippen LogP contribution in [0.4, 0.5) is 10.1 Å². The van der Waals surface area contributed by atoms with Crippen molar-refractivity contribution in [2.75, 3.05) is 0 Å². The van der Waals surface area contributed by atoms with Crippen molar-refractivity contribution < 1.29 is 9.31 Å². The number of hydrogen-bond donors (Lipinski definition) is 0. The molecule has 18 heavy (non-hydrogen) atoms. The van der Waals surface area contributed by atoms with Crippen LogP contribution in [-0.4, -0.2) is 9.91 Å². The van der Waals surface area contributed by atoms with Crippen LogP contribution in [0, 0.1) is 15.9 Å². The van der Waals surface area contributed by atoms with Crippen molar-refractivity contribution in [2.24, 2.45) is 0 Å². The molecule has 0 aliphatic rings. The average Bonchev–Trinajstić information content (AvgIpc) is 2.38. The van der Waals surface area contributed by atoms with Gasteiger partial charge in [0.15, 0.2) is 0 Å². The summed E-state index contributed by atoms with van der Waals surface area (Å²) in [4.78, 5) is 14.0. The third-order valence-electron chi connectivity index (χ3n) is 2.60. The molecule has 92 valence electrons. The van der Waals surface area contributed by atoms with Gasteiger partial charge in [-0.1, -0.05) is 30.3 Å². The first kappa shape index (κ1) is 12.2. The summed E-state index contributed by atoms with van der Waals surface area (Å²) in [6.07, 6.45) is 2.06. The van der Waals surface area contributed by atoms with E-state index in [1.807, 2.05) is 30.3 Å². The Morgan fingerprint density at radius 2 is 1.94 bits per heavy atom. The molecule has 0 atom stereocenters. The molecule has 0 radical (unpaired) electrons. The molecule has 0 unspecified atom stereocenters. The highest BCUT2D eigenvalue weighted by Crippen LogP contribution is 2.19. The molecule has 0 saturated heterocycles. The molecule has 0 spiro atoms. The van der Waals surface area contributed by atoms with Gasteiger partial charge in [-0.15, -0.1) is 0 Å². The van der Waals surface area contributed by atoms with Crippen LogP contribution in [0.15, 0.2) is 42.6 Å². The normalized spacial score (nSPS) is 10.3. The zero-order chi connectivity index (χ0) is 13.0. The van der Waals surface area contributed by atoms with Gasteiger partial charge in [-0.3, -0.25) is 15.1 Å². The molecule has 0 fully saturated rings. The number of aryl methyl sites for hydroxylation is 2. The third kappa shape index (κ3) is 2.88. The number of hydrogen-bond acceptors (Lipinski definition) is 3. The fourth-order valence-corrected chi connectivity index (χ4v) is 1.72. The average molecular weight is 246 g/mol. The van der Waals surface area contributed by atoms with E-state index in [1.165, 1.54) is 0 Å². The smallest absolute Gasteiger partial charge is 0.258 e. The predicted octanol–water partition coefficient (Wildman–Crippen LogP) is 2.91. The van der Waals surface area contributed by atoms with Crippen molar-refractivity contribution in [2.45, 2.75) is 12.8 Å². The Balaban J connectivity index is 2.17. The minimum atomic E-state index is -0.690. The molecular weight excluding hydrogens is 235 g/mol. The molecule has 4 nitrogen and oxygen atoms in total. The second-order valence-corrected chi connectivity index (χ2v) is 3.86. The molecule has 2 rings (SSSR count). The van der Waals surface area contributed by atoms with E-state index in [4.69, 9.17) is 0 Å². The third-order valence-corrected chi connectivity index (χ3v) is 2.60. The van der Waals surface area contributed by atoms with Gasteiger partial charge >= 0.3 is 0 Å². The first-order valence-electron chi connectivity index (χ1n) is 5.49. The van der Waals surface area contributed by atoms with E-state index < -0.39 is 10.7 Å². The lowest BCUT2D eigenvalue weighted by atomic mass is 10.1. The minimum absolute atomic E-state index is 0.258. The molecule has 0 aliphatic carbocycles. The maximum Gasteiger partial charge on any atom is 0.293 e. The van der Waals surface area contributed by atoms with E-state index >= 15 is 0 Å². The van der Waals surface area contributed by atoms with Crippen molar-refractivity contribution in [3.63, 3.8) is 0 Å². The lowest BCUT2D eigenvalue weighted by Gasteiger charge is -2.02. The lowest BCUT2D eigenvalue weighted by Crippen LogP contribution is -2.01. The summed E-state index contributed by atoms with van der Waals surface area (Å²) in [7, 11) is 0. The highest BCUT2D eigenvalue weighted by Gasteiger charge is 2.16. The van der Waals surface area contributed by atoms with Gasteiger partial charge < -0.3 is 0 Å². The number of halogens is 1. The number of rotatable bonds is 4. The second-order valence-electron chi connectivity index (χ2n) is 3.86. The summed E-state index contributed by atoms with van der Waals surface area (Å²) >= 11 is 0. The minimum Gasteiger partial charge on any atom is -0.258 e. The van der Waals surface area contributed by atoms with E-state index in [-0.39, 0.29) is 5.69 Å². The quantitative estimate of drug-likeness (QED) is 0.615. The Morgan fingerprint density at radius 1 is 1.22 bits per heavy atom. The van der Waals surface area contributed by atoms with Gasteiger partial charge in [0, 0.05) is 6.42 Å². The van der Waals surface area contributed by atoms with Crippen molar-refractivity contribution in [3.8, 4) is 0 Å².